The Morgan fingerprint density at radius 1 is 1.20 bits per heavy atom. The molecule has 0 aliphatic rings. The van der Waals surface area contributed by atoms with E-state index in [1.807, 2.05) is 0 Å². The number of ether oxygens (including phenoxy) is 1. The number of carbonyl (C=O) groups excluding carboxylic acids is 1. The van der Waals surface area contributed by atoms with Crippen LogP contribution in [0.5, 0.6) is 0 Å². The topological polar surface area (TPSA) is 26.3 Å². The number of halogens is 3. The highest BCUT2D eigenvalue weighted by Gasteiger charge is 2.18. The van der Waals surface area contributed by atoms with Crippen LogP contribution in [0.2, 0.25) is 10.0 Å². The molecule has 0 radical (unpaired) electrons. The first-order chi connectivity index (χ1) is 9.54. The summed E-state index contributed by atoms with van der Waals surface area (Å²) in [4.78, 5) is 11.9. The Morgan fingerprint density at radius 3 is 2.45 bits per heavy atom. The van der Waals surface area contributed by atoms with E-state index in [0.29, 0.717) is 21.2 Å². The van der Waals surface area contributed by atoms with Crippen molar-refractivity contribution in [2.75, 3.05) is 6.61 Å². The summed E-state index contributed by atoms with van der Waals surface area (Å²) in [6.07, 6.45) is 0. The maximum Gasteiger partial charge on any atom is 0.338 e. The van der Waals surface area contributed by atoms with E-state index in [0.717, 1.165) is 6.07 Å². The average Bonchev–Trinajstić information content (AvgIpc) is 2.40. The fourth-order valence-electron chi connectivity index (χ4n) is 1.87. The zero-order valence-corrected chi connectivity index (χ0v) is 12.1. The molecule has 2 rings (SSSR count). The summed E-state index contributed by atoms with van der Waals surface area (Å²) in [5.41, 5.74) is 1.03. The Labute approximate surface area is 126 Å². The lowest BCUT2D eigenvalue weighted by Crippen LogP contribution is -2.07. The van der Waals surface area contributed by atoms with Crippen molar-refractivity contribution in [1.29, 1.82) is 0 Å². The molecule has 0 spiro atoms. The lowest BCUT2D eigenvalue weighted by Gasteiger charge is -2.12. The molecule has 0 amide bonds. The monoisotopic (exact) mass is 312 g/mol. The number of esters is 1. The van der Waals surface area contributed by atoms with Gasteiger partial charge in [0.25, 0.3) is 0 Å². The third-order valence-electron chi connectivity index (χ3n) is 2.71. The highest BCUT2D eigenvalue weighted by Crippen LogP contribution is 2.36. The second-order valence-electron chi connectivity index (χ2n) is 4.01. The van der Waals surface area contributed by atoms with Crippen LogP contribution in [0.25, 0.3) is 11.1 Å². The van der Waals surface area contributed by atoms with Crippen molar-refractivity contribution in [3.8, 4) is 11.1 Å². The molecule has 2 aromatic rings. The van der Waals surface area contributed by atoms with Crippen LogP contribution in [0, 0.1) is 5.82 Å². The van der Waals surface area contributed by atoms with Gasteiger partial charge in [-0.15, -0.1) is 0 Å². The summed E-state index contributed by atoms with van der Waals surface area (Å²) >= 11 is 12.3. The van der Waals surface area contributed by atoms with Gasteiger partial charge in [-0.05, 0) is 36.8 Å². The summed E-state index contributed by atoms with van der Waals surface area (Å²) in [5.74, 6) is -1.14. The van der Waals surface area contributed by atoms with Gasteiger partial charge in [0.2, 0.25) is 0 Å². The molecular weight excluding hydrogens is 302 g/mol. The van der Waals surface area contributed by atoms with E-state index >= 15 is 0 Å². The average molecular weight is 313 g/mol. The number of hydrogen-bond donors (Lipinski definition) is 0. The van der Waals surface area contributed by atoms with Crippen LogP contribution < -0.4 is 0 Å². The smallest absolute Gasteiger partial charge is 0.338 e. The lowest BCUT2D eigenvalue weighted by molar-refractivity contribution is 0.0526. The third kappa shape index (κ3) is 2.94. The molecule has 0 fully saturated rings. The van der Waals surface area contributed by atoms with E-state index in [4.69, 9.17) is 27.9 Å². The maximum atomic E-state index is 13.4. The predicted octanol–water partition coefficient (Wildman–Crippen LogP) is 4.98. The van der Waals surface area contributed by atoms with Crippen LogP contribution in [0.3, 0.4) is 0 Å². The van der Waals surface area contributed by atoms with Crippen molar-refractivity contribution in [2.24, 2.45) is 0 Å². The molecule has 2 aromatic carbocycles. The molecular formula is C15H11Cl2FO2. The molecule has 0 atom stereocenters. The van der Waals surface area contributed by atoms with Gasteiger partial charge in [0.15, 0.2) is 0 Å². The van der Waals surface area contributed by atoms with Crippen LogP contribution in [-0.2, 0) is 4.74 Å². The predicted molar refractivity (Wildman–Crippen MR) is 77.8 cm³/mol. The lowest BCUT2D eigenvalue weighted by atomic mass is 9.99. The molecule has 5 heteroatoms. The van der Waals surface area contributed by atoms with E-state index in [-0.39, 0.29) is 12.2 Å². The Morgan fingerprint density at radius 2 is 1.85 bits per heavy atom. The second-order valence-corrected chi connectivity index (χ2v) is 4.82. The van der Waals surface area contributed by atoms with E-state index < -0.39 is 11.8 Å². The minimum Gasteiger partial charge on any atom is -0.462 e. The Kier molecular flexibility index (Phi) is 4.63. The fourth-order valence-corrected chi connectivity index (χ4v) is 2.47. The van der Waals surface area contributed by atoms with Crippen molar-refractivity contribution in [1.82, 2.24) is 0 Å². The molecule has 0 heterocycles. The van der Waals surface area contributed by atoms with Crippen molar-refractivity contribution >= 4 is 29.2 Å². The largest absolute Gasteiger partial charge is 0.462 e. The molecule has 0 bridgehead atoms. The van der Waals surface area contributed by atoms with Gasteiger partial charge in [-0.25, -0.2) is 9.18 Å². The molecule has 0 aromatic heterocycles. The zero-order chi connectivity index (χ0) is 14.7. The molecule has 2 nitrogen and oxygen atoms in total. The van der Waals surface area contributed by atoms with Gasteiger partial charge in [0.05, 0.1) is 12.2 Å². The Balaban J connectivity index is 2.65. The van der Waals surface area contributed by atoms with Gasteiger partial charge in [0.1, 0.15) is 5.82 Å². The minimum absolute atomic E-state index is 0.0989. The van der Waals surface area contributed by atoms with Gasteiger partial charge in [0, 0.05) is 15.6 Å². The van der Waals surface area contributed by atoms with Crippen LogP contribution in [0.1, 0.15) is 17.3 Å². The van der Waals surface area contributed by atoms with Gasteiger partial charge in [-0.2, -0.15) is 0 Å². The fraction of sp³-hybridized carbons (Fsp3) is 0.133. The Bertz CT molecular complexity index is 636. The summed E-state index contributed by atoms with van der Waals surface area (Å²) in [7, 11) is 0. The number of benzene rings is 2. The van der Waals surface area contributed by atoms with Crippen LogP contribution in [0.15, 0.2) is 36.4 Å². The Hall–Kier alpha value is -1.58. The highest BCUT2D eigenvalue weighted by atomic mass is 35.5. The quantitative estimate of drug-likeness (QED) is 0.747. The highest BCUT2D eigenvalue weighted by molar-refractivity contribution is 6.39. The first-order valence-electron chi connectivity index (χ1n) is 5.95. The zero-order valence-electron chi connectivity index (χ0n) is 10.6. The second kappa shape index (κ2) is 6.25. The molecule has 0 saturated carbocycles. The summed E-state index contributed by atoms with van der Waals surface area (Å²) < 4.78 is 18.3. The first-order valence-corrected chi connectivity index (χ1v) is 6.71. The minimum atomic E-state index is -0.613. The number of hydrogen-bond acceptors (Lipinski definition) is 2. The van der Waals surface area contributed by atoms with Crippen molar-refractivity contribution in [3.05, 3.63) is 57.8 Å². The number of rotatable bonds is 3. The van der Waals surface area contributed by atoms with Gasteiger partial charge < -0.3 is 4.74 Å². The standard InChI is InChI=1S/C15H11Cl2FO2/c1-2-20-15(19)11-8-9(18)6-7-10(11)14-12(16)4-3-5-13(14)17/h3-8H,2H2,1H3. The van der Waals surface area contributed by atoms with Crippen LogP contribution in [-0.4, -0.2) is 12.6 Å². The van der Waals surface area contributed by atoms with Gasteiger partial charge in [-0.1, -0.05) is 35.3 Å². The van der Waals surface area contributed by atoms with Gasteiger partial charge in [-0.3, -0.25) is 0 Å². The maximum absolute atomic E-state index is 13.4. The normalized spacial score (nSPS) is 10.4. The third-order valence-corrected chi connectivity index (χ3v) is 3.34. The molecule has 0 aliphatic carbocycles. The number of carbonyl (C=O) groups is 1. The summed E-state index contributed by atoms with van der Waals surface area (Å²) in [6, 6.07) is 8.84. The van der Waals surface area contributed by atoms with Gasteiger partial charge >= 0.3 is 5.97 Å². The van der Waals surface area contributed by atoms with E-state index in [1.54, 1.807) is 25.1 Å². The molecule has 0 saturated heterocycles. The van der Waals surface area contributed by atoms with E-state index in [1.165, 1.54) is 12.1 Å². The summed E-state index contributed by atoms with van der Waals surface area (Å²) in [5, 5.41) is 0.768. The summed E-state index contributed by atoms with van der Waals surface area (Å²) in [6.45, 7) is 1.88. The first kappa shape index (κ1) is 14.8. The van der Waals surface area contributed by atoms with Crippen LogP contribution in [0.4, 0.5) is 4.39 Å². The van der Waals surface area contributed by atoms with Crippen molar-refractivity contribution in [2.45, 2.75) is 6.92 Å². The van der Waals surface area contributed by atoms with E-state index in [2.05, 4.69) is 0 Å². The molecule has 0 aliphatic heterocycles. The molecule has 104 valence electrons. The van der Waals surface area contributed by atoms with Crippen molar-refractivity contribution in [3.63, 3.8) is 0 Å². The van der Waals surface area contributed by atoms with Crippen molar-refractivity contribution < 1.29 is 13.9 Å². The van der Waals surface area contributed by atoms with Crippen LogP contribution >= 0.6 is 23.2 Å². The molecule has 20 heavy (non-hydrogen) atoms. The van der Waals surface area contributed by atoms with E-state index in [9.17, 15) is 9.18 Å². The SMILES string of the molecule is CCOC(=O)c1cc(F)ccc1-c1c(Cl)cccc1Cl. The molecule has 0 unspecified atom stereocenters. The molecule has 0 N–H and O–H groups in total.